The zero-order chi connectivity index (χ0) is 19.5. The van der Waals surface area contributed by atoms with Crippen LogP contribution in [-0.2, 0) is 22.7 Å². The van der Waals surface area contributed by atoms with Crippen LogP contribution < -0.4 is 9.47 Å². The number of aromatic nitrogens is 1. The van der Waals surface area contributed by atoms with Gasteiger partial charge in [-0.2, -0.15) is 0 Å². The van der Waals surface area contributed by atoms with Gasteiger partial charge in [0.05, 0.1) is 0 Å². The smallest absolute Gasteiger partial charge is 0.245 e. The number of nitrogens with zero attached hydrogens (tertiary/aromatic N) is 3. The number of rotatable bonds is 5. The lowest BCUT2D eigenvalue weighted by Crippen LogP contribution is -2.46. The Morgan fingerprint density at radius 2 is 2.00 bits per heavy atom. The molecule has 28 heavy (non-hydrogen) atoms. The molecule has 0 radical (unpaired) electrons. The van der Waals surface area contributed by atoms with Crippen LogP contribution in [-0.4, -0.2) is 46.0 Å². The first-order valence-electron chi connectivity index (χ1n) is 9.45. The highest BCUT2D eigenvalue weighted by Gasteiger charge is 2.35. The number of hydrogen-bond donors (Lipinski definition) is 0. The number of pyridine rings is 1. The van der Waals surface area contributed by atoms with Gasteiger partial charge in [0, 0.05) is 39.0 Å². The highest BCUT2D eigenvalue weighted by Crippen LogP contribution is 2.33. The molecule has 1 unspecified atom stereocenters. The third kappa shape index (κ3) is 3.78. The molecule has 4 rings (SSSR count). The average molecular weight is 381 g/mol. The Bertz CT molecular complexity index is 871. The molecule has 0 N–H and O–H groups in total. The average Bonchev–Trinajstić information content (AvgIpc) is 3.37. The number of ether oxygens (including phenoxy) is 2. The van der Waals surface area contributed by atoms with Gasteiger partial charge in [-0.15, -0.1) is 0 Å². The van der Waals surface area contributed by atoms with E-state index in [-0.39, 0.29) is 18.6 Å². The van der Waals surface area contributed by atoms with Gasteiger partial charge < -0.3 is 19.3 Å². The summed E-state index contributed by atoms with van der Waals surface area (Å²) < 4.78 is 10.8. The van der Waals surface area contributed by atoms with Crippen molar-refractivity contribution in [3.63, 3.8) is 0 Å². The van der Waals surface area contributed by atoms with E-state index >= 15 is 0 Å². The number of amides is 2. The second-order valence-electron chi connectivity index (χ2n) is 7.11. The van der Waals surface area contributed by atoms with Gasteiger partial charge in [-0.05, 0) is 42.2 Å². The highest BCUT2D eigenvalue weighted by atomic mass is 16.7. The first kappa shape index (κ1) is 18.3. The van der Waals surface area contributed by atoms with Crippen LogP contribution in [0.5, 0.6) is 11.5 Å². The first-order valence-corrected chi connectivity index (χ1v) is 9.45. The van der Waals surface area contributed by atoms with Crippen LogP contribution in [0.2, 0.25) is 0 Å². The predicted molar refractivity (Wildman–Crippen MR) is 101 cm³/mol. The van der Waals surface area contributed by atoms with E-state index in [9.17, 15) is 9.59 Å². The minimum Gasteiger partial charge on any atom is -0.454 e. The SMILES string of the molecule is CC(=O)N1CCCC1C(=O)N(Cc1cccnc1)Cc1ccc2c(c1)OCO2. The summed E-state index contributed by atoms with van der Waals surface area (Å²) in [6.07, 6.45) is 5.02. The Labute approximate surface area is 163 Å². The predicted octanol–water partition coefficient (Wildman–Crippen LogP) is 2.35. The first-order chi connectivity index (χ1) is 13.6. The number of benzene rings is 1. The summed E-state index contributed by atoms with van der Waals surface area (Å²) in [6.45, 7) is 3.23. The Hall–Kier alpha value is -3.09. The third-order valence-electron chi connectivity index (χ3n) is 5.16. The summed E-state index contributed by atoms with van der Waals surface area (Å²) in [6, 6.07) is 9.11. The topological polar surface area (TPSA) is 72.0 Å². The molecule has 1 aromatic heterocycles. The van der Waals surface area contributed by atoms with Gasteiger partial charge in [0.25, 0.3) is 0 Å². The maximum absolute atomic E-state index is 13.4. The molecule has 2 aromatic rings. The lowest BCUT2D eigenvalue weighted by atomic mass is 10.1. The number of likely N-dealkylation sites (tertiary alicyclic amines) is 1. The summed E-state index contributed by atoms with van der Waals surface area (Å²) >= 11 is 0. The van der Waals surface area contributed by atoms with E-state index in [1.807, 2.05) is 30.3 Å². The largest absolute Gasteiger partial charge is 0.454 e. The van der Waals surface area contributed by atoms with Gasteiger partial charge in [0.15, 0.2) is 11.5 Å². The van der Waals surface area contributed by atoms with Crippen LogP contribution in [0.3, 0.4) is 0 Å². The quantitative estimate of drug-likeness (QED) is 0.795. The summed E-state index contributed by atoms with van der Waals surface area (Å²) in [7, 11) is 0. The van der Waals surface area contributed by atoms with Gasteiger partial charge in [-0.3, -0.25) is 14.6 Å². The van der Waals surface area contributed by atoms with E-state index in [0.29, 0.717) is 37.6 Å². The Morgan fingerprint density at radius 1 is 1.18 bits per heavy atom. The lowest BCUT2D eigenvalue weighted by Gasteiger charge is -2.30. The maximum atomic E-state index is 13.4. The molecule has 1 saturated heterocycles. The molecular weight excluding hydrogens is 358 g/mol. The fraction of sp³-hybridized carbons (Fsp3) is 0.381. The van der Waals surface area contributed by atoms with Crippen molar-refractivity contribution in [2.45, 2.75) is 38.9 Å². The molecule has 2 aliphatic rings. The van der Waals surface area contributed by atoms with Crippen molar-refractivity contribution in [1.29, 1.82) is 0 Å². The van der Waals surface area contributed by atoms with E-state index in [2.05, 4.69) is 4.98 Å². The molecule has 2 aliphatic heterocycles. The van der Waals surface area contributed by atoms with Crippen molar-refractivity contribution in [2.24, 2.45) is 0 Å². The summed E-state index contributed by atoms with van der Waals surface area (Å²) in [5, 5.41) is 0. The van der Waals surface area contributed by atoms with E-state index in [4.69, 9.17) is 9.47 Å². The number of fused-ring (bicyclic) bond motifs is 1. The van der Waals surface area contributed by atoms with Gasteiger partial charge in [0.1, 0.15) is 6.04 Å². The van der Waals surface area contributed by atoms with Crippen molar-refractivity contribution in [3.8, 4) is 11.5 Å². The van der Waals surface area contributed by atoms with Gasteiger partial charge >= 0.3 is 0 Å². The molecule has 0 saturated carbocycles. The fourth-order valence-corrected chi connectivity index (χ4v) is 3.79. The molecular formula is C21H23N3O4. The third-order valence-corrected chi connectivity index (χ3v) is 5.16. The summed E-state index contributed by atoms with van der Waals surface area (Å²) in [5.41, 5.74) is 1.90. The second-order valence-corrected chi connectivity index (χ2v) is 7.11. The van der Waals surface area contributed by atoms with Crippen LogP contribution in [0.4, 0.5) is 0 Å². The molecule has 0 bridgehead atoms. The number of hydrogen-bond acceptors (Lipinski definition) is 5. The van der Waals surface area contributed by atoms with Crippen molar-refractivity contribution >= 4 is 11.8 Å². The van der Waals surface area contributed by atoms with Crippen LogP contribution in [0.1, 0.15) is 30.9 Å². The van der Waals surface area contributed by atoms with Gasteiger partial charge in [-0.1, -0.05) is 12.1 Å². The highest BCUT2D eigenvalue weighted by molar-refractivity contribution is 5.87. The minimum absolute atomic E-state index is 0.0331. The van der Waals surface area contributed by atoms with E-state index in [1.54, 1.807) is 22.2 Å². The van der Waals surface area contributed by atoms with Crippen LogP contribution in [0, 0.1) is 0 Å². The normalized spacial score (nSPS) is 17.6. The molecule has 3 heterocycles. The summed E-state index contributed by atoms with van der Waals surface area (Å²) in [4.78, 5) is 32.9. The van der Waals surface area contributed by atoms with E-state index < -0.39 is 6.04 Å². The molecule has 1 fully saturated rings. The standard InChI is InChI=1S/C21H23N3O4/c1-15(25)24-9-3-5-18(24)21(26)23(13-17-4-2-8-22-11-17)12-16-6-7-19-20(10-16)28-14-27-19/h2,4,6-8,10-11,18H,3,5,9,12-14H2,1H3. The molecule has 0 spiro atoms. The Kier molecular flexibility index (Phi) is 5.14. The molecule has 7 heteroatoms. The Balaban J connectivity index is 1.58. The molecule has 1 aromatic carbocycles. The van der Waals surface area contributed by atoms with E-state index in [0.717, 1.165) is 17.5 Å². The molecule has 7 nitrogen and oxygen atoms in total. The van der Waals surface area contributed by atoms with Crippen molar-refractivity contribution < 1.29 is 19.1 Å². The minimum atomic E-state index is -0.400. The van der Waals surface area contributed by atoms with Crippen molar-refractivity contribution in [1.82, 2.24) is 14.8 Å². The summed E-state index contributed by atoms with van der Waals surface area (Å²) in [5.74, 6) is 1.32. The fourth-order valence-electron chi connectivity index (χ4n) is 3.79. The molecule has 2 amide bonds. The zero-order valence-electron chi connectivity index (χ0n) is 15.8. The zero-order valence-corrected chi connectivity index (χ0v) is 15.8. The monoisotopic (exact) mass is 381 g/mol. The molecule has 146 valence electrons. The Morgan fingerprint density at radius 3 is 2.79 bits per heavy atom. The van der Waals surface area contributed by atoms with Crippen molar-refractivity contribution in [3.05, 3.63) is 53.9 Å². The number of carbonyl (C=O) groups excluding carboxylic acids is 2. The van der Waals surface area contributed by atoms with Crippen LogP contribution in [0.15, 0.2) is 42.7 Å². The molecule has 0 aliphatic carbocycles. The van der Waals surface area contributed by atoms with Crippen LogP contribution >= 0.6 is 0 Å². The van der Waals surface area contributed by atoms with Gasteiger partial charge in [-0.25, -0.2) is 0 Å². The van der Waals surface area contributed by atoms with Crippen molar-refractivity contribution in [2.75, 3.05) is 13.3 Å². The lowest BCUT2D eigenvalue weighted by molar-refractivity contribution is -0.143. The maximum Gasteiger partial charge on any atom is 0.245 e. The van der Waals surface area contributed by atoms with Gasteiger partial charge in [0.2, 0.25) is 18.6 Å². The second kappa shape index (κ2) is 7.88. The van der Waals surface area contributed by atoms with E-state index in [1.165, 1.54) is 6.92 Å². The number of carbonyl (C=O) groups is 2. The molecule has 1 atom stereocenters. The van der Waals surface area contributed by atoms with Crippen LogP contribution in [0.25, 0.3) is 0 Å².